The van der Waals surface area contributed by atoms with Gasteiger partial charge in [0.05, 0.1) is 5.52 Å². The highest BCUT2D eigenvalue weighted by atomic mass is 14.7. The summed E-state index contributed by atoms with van der Waals surface area (Å²) in [5.41, 5.74) is 8.87. The molecule has 1 fully saturated rings. The van der Waals surface area contributed by atoms with E-state index in [1.807, 2.05) is 12.3 Å². The third-order valence-corrected chi connectivity index (χ3v) is 4.75. The van der Waals surface area contributed by atoms with E-state index in [1.54, 1.807) is 0 Å². The Morgan fingerprint density at radius 1 is 1.26 bits per heavy atom. The van der Waals surface area contributed by atoms with Gasteiger partial charge in [-0.25, -0.2) is 0 Å². The number of nitrogens with zero attached hydrogens (tertiary/aromatic N) is 1. The molecule has 2 N–H and O–H groups in total. The Kier molecular flexibility index (Phi) is 3.28. The Morgan fingerprint density at radius 2 is 2.05 bits per heavy atom. The molecular weight excluding hydrogens is 232 g/mol. The zero-order chi connectivity index (χ0) is 13.3. The Hall–Kier alpha value is -1.41. The van der Waals surface area contributed by atoms with Gasteiger partial charge in [-0.15, -0.1) is 0 Å². The van der Waals surface area contributed by atoms with Crippen LogP contribution >= 0.6 is 0 Å². The van der Waals surface area contributed by atoms with Crippen LogP contribution in [0.25, 0.3) is 10.9 Å². The zero-order valence-corrected chi connectivity index (χ0v) is 11.6. The molecule has 1 aliphatic rings. The van der Waals surface area contributed by atoms with Crippen molar-refractivity contribution >= 4 is 10.9 Å². The SMILES string of the molecule is CCC1CCC(N)(c2ccc3ncccc3c2)CC1. The van der Waals surface area contributed by atoms with Crippen LogP contribution in [0, 0.1) is 5.92 Å². The van der Waals surface area contributed by atoms with E-state index < -0.39 is 0 Å². The Labute approximate surface area is 115 Å². The molecule has 0 spiro atoms. The molecule has 2 nitrogen and oxygen atoms in total. The Morgan fingerprint density at radius 3 is 2.79 bits per heavy atom. The molecule has 1 saturated carbocycles. The summed E-state index contributed by atoms with van der Waals surface area (Å²) in [5, 5.41) is 1.20. The van der Waals surface area contributed by atoms with Crippen molar-refractivity contribution in [3.05, 3.63) is 42.1 Å². The Balaban J connectivity index is 1.91. The summed E-state index contributed by atoms with van der Waals surface area (Å²) in [7, 11) is 0. The number of hydrogen-bond acceptors (Lipinski definition) is 2. The molecule has 1 aromatic carbocycles. The molecule has 1 aliphatic carbocycles. The van der Waals surface area contributed by atoms with E-state index in [4.69, 9.17) is 5.73 Å². The van der Waals surface area contributed by atoms with Crippen molar-refractivity contribution in [3.63, 3.8) is 0 Å². The monoisotopic (exact) mass is 254 g/mol. The van der Waals surface area contributed by atoms with Gasteiger partial charge in [0.25, 0.3) is 0 Å². The van der Waals surface area contributed by atoms with Gasteiger partial charge in [0.15, 0.2) is 0 Å². The Bertz CT molecular complexity index is 568. The second-order valence-electron chi connectivity index (χ2n) is 5.92. The topological polar surface area (TPSA) is 38.9 Å². The van der Waals surface area contributed by atoms with Gasteiger partial charge in [-0.05, 0) is 55.4 Å². The molecule has 0 amide bonds. The van der Waals surface area contributed by atoms with E-state index in [0.29, 0.717) is 0 Å². The molecule has 0 radical (unpaired) electrons. The predicted octanol–water partition coefficient (Wildman–Crippen LogP) is 3.99. The molecular formula is C17H22N2. The number of benzene rings is 1. The lowest BCUT2D eigenvalue weighted by molar-refractivity contribution is 0.232. The lowest BCUT2D eigenvalue weighted by Crippen LogP contribution is -2.40. The van der Waals surface area contributed by atoms with E-state index in [-0.39, 0.29) is 5.54 Å². The highest BCUT2D eigenvalue weighted by Crippen LogP contribution is 2.39. The molecule has 0 unspecified atom stereocenters. The van der Waals surface area contributed by atoms with Crippen LogP contribution in [0.5, 0.6) is 0 Å². The standard InChI is InChI=1S/C17H22N2/c1-2-13-7-9-17(18,10-8-13)15-5-6-16-14(12-15)4-3-11-19-16/h3-6,11-13H,2,7-10,18H2,1H3. The summed E-state index contributed by atoms with van der Waals surface area (Å²) >= 11 is 0. The second-order valence-corrected chi connectivity index (χ2v) is 5.92. The second kappa shape index (κ2) is 4.93. The highest BCUT2D eigenvalue weighted by molar-refractivity contribution is 5.79. The predicted molar refractivity (Wildman–Crippen MR) is 79.9 cm³/mol. The summed E-state index contributed by atoms with van der Waals surface area (Å²) in [5.74, 6) is 0.874. The molecule has 19 heavy (non-hydrogen) atoms. The number of aromatic nitrogens is 1. The summed E-state index contributed by atoms with van der Waals surface area (Å²) in [4.78, 5) is 4.37. The van der Waals surface area contributed by atoms with Gasteiger partial charge in [0.1, 0.15) is 0 Å². The zero-order valence-electron chi connectivity index (χ0n) is 11.6. The molecule has 0 aliphatic heterocycles. The third-order valence-electron chi connectivity index (χ3n) is 4.75. The summed E-state index contributed by atoms with van der Waals surface area (Å²) in [6, 6.07) is 10.6. The number of nitrogens with two attached hydrogens (primary N) is 1. The highest BCUT2D eigenvalue weighted by Gasteiger charge is 2.32. The number of fused-ring (bicyclic) bond motifs is 1. The number of rotatable bonds is 2. The van der Waals surface area contributed by atoms with E-state index >= 15 is 0 Å². The van der Waals surface area contributed by atoms with Gasteiger partial charge < -0.3 is 5.73 Å². The maximum Gasteiger partial charge on any atom is 0.0702 e. The first-order chi connectivity index (χ1) is 9.21. The average molecular weight is 254 g/mol. The van der Waals surface area contributed by atoms with Crippen molar-refractivity contribution in [1.29, 1.82) is 0 Å². The number of pyridine rings is 1. The lowest BCUT2D eigenvalue weighted by atomic mass is 9.72. The van der Waals surface area contributed by atoms with Crippen LogP contribution in [0.15, 0.2) is 36.5 Å². The molecule has 2 heteroatoms. The minimum Gasteiger partial charge on any atom is -0.321 e. The van der Waals surface area contributed by atoms with E-state index in [9.17, 15) is 0 Å². The quantitative estimate of drug-likeness (QED) is 0.880. The minimum absolute atomic E-state index is 0.129. The van der Waals surface area contributed by atoms with Crippen LogP contribution in [0.3, 0.4) is 0 Å². The number of hydrogen-bond donors (Lipinski definition) is 1. The first-order valence-electron chi connectivity index (χ1n) is 7.35. The van der Waals surface area contributed by atoms with E-state index in [0.717, 1.165) is 24.3 Å². The molecule has 1 heterocycles. The van der Waals surface area contributed by atoms with Gasteiger partial charge in [-0.2, -0.15) is 0 Å². The summed E-state index contributed by atoms with van der Waals surface area (Å²) in [6.45, 7) is 2.29. The fraction of sp³-hybridized carbons (Fsp3) is 0.471. The summed E-state index contributed by atoms with van der Waals surface area (Å²) in [6.07, 6.45) is 7.87. The van der Waals surface area contributed by atoms with Crippen molar-refractivity contribution in [2.24, 2.45) is 11.7 Å². The van der Waals surface area contributed by atoms with Crippen LogP contribution in [0.4, 0.5) is 0 Å². The lowest BCUT2D eigenvalue weighted by Gasteiger charge is -2.37. The molecule has 3 rings (SSSR count). The van der Waals surface area contributed by atoms with Gasteiger partial charge in [-0.1, -0.05) is 25.5 Å². The van der Waals surface area contributed by atoms with Crippen LogP contribution in [0.2, 0.25) is 0 Å². The third kappa shape index (κ3) is 2.37. The van der Waals surface area contributed by atoms with E-state index in [2.05, 4.69) is 36.2 Å². The first-order valence-corrected chi connectivity index (χ1v) is 7.35. The molecule has 100 valence electrons. The van der Waals surface area contributed by atoms with E-state index in [1.165, 1.54) is 30.2 Å². The van der Waals surface area contributed by atoms with Gasteiger partial charge in [0.2, 0.25) is 0 Å². The maximum atomic E-state index is 6.67. The van der Waals surface area contributed by atoms with Crippen molar-refractivity contribution in [2.75, 3.05) is 0 Å². The van der Waals surface area contributed by atoms with Crippen molar-refractivity contribution < 1.29 is 0 Å². The van der Waals surface area contributed by atoms with Crippen molar-refractivity contribution in [2.45, 2.75) is 44.6 Å². The smallest absolute Gasteiger partial charge is 0.0702 e. The molecule has 0 atom stereocenters. The first kappa shape index (κ1) is 12.6. The summed E-state index contributed by atoms with van der Waals surface area (Å²) < 4.78 is 0. The molecule has 1 aromatic heterocycles. The normalized spacial score (nSPS) is 27.6. The average Bonchev–Trinajstić information content (AvgIpc) is 2.47. The van der Waals surface area contributed by atoms with Gasteiger partial charge in [0, 0.05) is 17.1 Å². The van der Waals surface area contributed by atoms with Crippen molar-refractivity contribution in [3.8, 4) is 0 Å². The molecule has 2 aromatic rings. The van der Waals surface area contributed by atoms with Crippen LogP contribution in [-0.2, 0) is 5.54 Å². The van der Waals surface area contributed by atoms with Crippen LogP contribution < -0.4 is 5.73 Å². The maximum absolute atomic E-state index is 6.67. The van der Waals surface area contributed by atoms with Crippen LogP contribution in [-0.4, -0.2) is 4.98 Å². The molecule has 0 saturated heterocycles. The van der Waals surface area contributed by atoms with Crippen molar-refractivity contribution in [1.82, 2.24) is 4.98 Å². The fourth-order valence-electron chi connectivity index (χ4n) is 3.27. The van der Waals surface area contributed by atoms with Gasteiger partial charge >= 0.3 is 0 Å². The largest absolute Gasteiger partial charge is 0.321 e. The molecule has 0 bridgehead atoms. The minimum atomic E-state index is -0.129. The van der Waals surface area contributed by atoms with Crippen LogP contribution in [0.1, 0.15) is 44.6 Å². The van der Waals surface area contributed by atoms with Gasteiger partial charge in [-0.3, -0.25) is 4.98 Å². The fourth-order valence-corrected chi connectivity index (χ4v) is 3.27.